The predicted octanol–water partition coefficient (Wildman–Crippen LogP) is 1.65. The quantitative estimate of drug-likeness (QED) is 0.721. The number of hydrogen-bond donors (Lipinski definition) is 2. The number of amides is 2. The van der Waals surface area contributed by atoms with Crippen LogP contribution < -0.4 is 15.0 Å². The molecule has 0 bridgehead atoms. The van der Waals surface area contributed by atoms with Gasteiger partial charge in [0.05, 0.1) is 44.0 Å². The Morgan fingerprint density at radius 1 is 1.10 bits per heavy atom. The Hall–Kier alpha value is -2.57. The summed E-state index contributed by atoms with van der Waals surface area (Å²) in [5, 5.41) is 3.39. The number of para-hydroxylation sites is 2. The summed E-state index contributed by atoms with van der Waals surface area (Å²) < 4.78 is 5.35. The van der Waals surface area contributed by atoms with Crippen LogP contribution in [0.3, 0.4) is 0 Å². The molecule has 0 radical (unpaired) electrons. The Bertz CT molecular complexity index is 851. The maximum Gasteiger partial charge on any atom is 0.279 e. The Labute approximate surface area is 176 Å². The second-order valence-corrected chi connectivity index (χ2v) is 7.55. The van der Waals surface area contributed by atoms with Gasteiger partial charge in [0.1, 0.15) is 5.75 Å². The van der Waals surface area contributed by atoms with Crippen LogP contribution in [0.4, 0.5) is 5.69 Å². The molecule has 1 heterocycles. The smallest absolute Gasteiger partial charge is 0.279 e. The van der Waals surface area contributed by atoms with Crippen LogP contribution in [0.2, 0.25) is 5.02 Å². The summed E-state index contributed by atoms with van der Waals surface area (Å²) >= 11 is 6.08. The van der Waals surface area contributed by atoms with Gasteiger partial charge in [0, 0.05) is 6.42 Å². The normalized spacial score (nSPS) is 14.5. The molecule has 154 valence electrons. The first-order valence-electron chi connectivity index (χ1n) is 9.84. The number of quaternary nitrogens is 1. The highest BCUT2D eigenvalue weighted by Gasteiger charge is 2.25. The number of halogens is 1. The number of piperazine rings is 1. The van der Waals surface area contributed by atoms with Gasteiger partial charge in [-0.25, -0.2) is 0 Å². The van der Waals surface area contributed by atoms with E-state index in [1.165, 1.54) is 4.90 Å². The van der Waals surface area contributed by atoms with Gasteiger partial charge in [-0.15, -0.1) is 0 Å². The van der Waals surface area contributed by atoms with Crippen molar-refractivity contribution in [1.82, 2.24) is 4.90 Å². The summed E-state index contributed by atoms with van der Waals surface area (Å²) in [4.78, 5) is 27.9. The van der Waals surface area contributed by atoms with Gasteiger partial charge in [-0.1, -0.05) is 41.9 Å². The summed E-state index contributed by atoms with van der Waals surface area (Å²) in [6, 6.07) is 15.0. The van der Waals surface area contributed by atoms with Gasteiger partial charge in [0.25, 0.3) is 5.91 Å². The topological polar surface area (TPSA) is 63.1 Å². The fraction of sp³-hybridized carbons (Fsp3) is 0.364. The third-order valence-corrected chi connectivity index (χ3v) is 5.51. The summed E-state index contributed by atoms with van der Waals surface area (Å²) in [6.07, 6.45) is 1.12. The Kier molecular flexibility index (Phi) is 7.49. The van der Waals surface area contributed by atoms with Crippen LogP contribution in [-0.4, -0.2) is 56.5 Å². The lowest BCUT2D eigenvalue weighted by Gasteiger charge is -2.32. The molecule has 1 saturated heterocycles. The number of benzene rings is 2. The van der Waals surface area contributed by atoms with Crippen molar-refractivity contribution in [2.45, 2.75) is 12.8 Å². The zero-order chi connectivity index (χ0) is 20.6. The molecule has 2 aromatic rings. The molecule has 6 nitrogen and oxygen atoms in total. The van der Waals surface area contributed by atoms with Gasteiger partial charge in [0.2, 0.25) is 5.91 Å². The number of rotatable bonds is 7. The van der Waals surface area contributed by atoms with E-state index in [0.717, 1.165) is 24.4 Å². The summed E-state index contributed by atoms with van der Waals surface area (Å²) in [5.41, 5.74) is 1.67. The van der Waals surface area contributed by atoms with Crippen molar-refractivity contribution < 1.29 is 19.2 Å². The van der Waals surface area contributed by atoms with E-state index >= 15 is 0 Å². The lowest BCUT2D eigenvalue weighted by Crippen LogP contribution is -3.15. The molecule has 0 spiro atoms. The molecule has 0 aromatic heterocycles. The molecule has 0 aliphatic carbocycles. The van der Waals surface area contributed by atoms with E-state index in [1.54, 1.807) is 19.2 Å². The van der Waals surface area contributed by atoms with Crippen LogP contribution in [0.5, 0.6) is 5.75 Å². The predicted molar refractivity (Wildman–Crippen MR) is 114 cm³/mol. The van der Waals surface area contributed by atoms with Gasteiger partial charge >= 0.3 is 0 Å². The lowest BCUT2D eigenvalue weighted by atomic mass is 10.1. The van der Waals surface area contributed by atoms with Crippen LogP contribution in [0.15, 0.2) is 48.5 Å². The molecule has 0 atom stereocenters. The molecule has 2 amide bonds. The number of methoxy groups -OCH3 is 1. The van der Waals surface area contributed by atoms with Gasteiger partial charge in [-0.3, -0.25) is 9.59 Å². The number of nitrogens with one attached hydrogen (secondary N) is 2. The highest BCUT2D eigenvalue weighted by Crippen LogP contribution is 2.20. The second kappa shape index (κ2) is 10.3. The standard InChI is InChI=1S/C22H26ClN3O3/c1-29-20-9-5-2-6-17(20)10-11-22(28)26-14-12-25(13-15-26)16-21(27)24-19-8-4-3-7-18(19)23/h2-9H,10-16H2,1H3,(H,24,27)/p+1. The largest absolute Gasteiger partial charge is 0.496 e. The molecule has 2 aromatic carbocycles. The molecule has 0 saturated carbocycles. The average Bonchev–Trinajstić information content (AvgIpc) is 2.74. The number of carbonyl (C=O) groups excluding carboxylic acids is 2. The summed E-state index contributed by atoms with van der Waals surface area (Å²) in [5.74, 6) is 0.901. The Morgan fingerprint density at radius 2 is 1.79 bits per heavy atom. The van der Waals surface area contributed by atoms with E-state index in [1.807, 2.05) is 41.3 Å². The number of carbonyl (C=O) groups is 2. The van der Waals surface area contributed by atoms with Crippen LogP contribution in [0.1, 0.15) is 12.0 Å². The van der Waals surface area contributed by atoms with E-state index in [0.29, 0.717) is 43.2 Å². The third kappa shape index (κ3) is 5.95. The third-order valence-electron chi connectivity index (χ3n) is 5.18. The fourth-order valence-corrected chi connectivity index (χ4v) is 3.73. The summed E-state index contributed by atoms with van der Waals surface area (Å²) in [7, 11) is 1.64. The van der Waals surface area contributed by atoms with Crippen molar-refractivity contribution in [1.29, 1.82) is 0 Å². The van der Waals surface area contributed by atoms with Crippen molar-refractivity contribution in [2.75, 3.05) is 45.2 Å². The highest BCUT2D eigenvalue weighted by atomic mass is 35.5. The van der Waals surface area contributed by atoms with Crippen molar-refractivity contribution in [3.05, 3.63) is 59.1 Å². The average molecular weight is 417 g/mol. The summed E-state index contributed by atoms with van der Waals surface area (Å²) in [6.45, 7) is 3.22. The highest BCUT2D eigenvalue weighted by molar-refractivity contribution is 6.33. The van der Waals surface area contributed by atoms with Gasteiger partial charge in [-0.2, -0.15) is 0 Å². The molecule has 1 fully saturated rings. The van der Waals surface area contributed by atoms with Crippen LogP contribution in [-0.2, 0) is 16.0 Å². The molecule has 2 N–H and O–H groups in total. The van der Waals surface area contributed by atoms with Crippen LogP contribution >= 0.6 is 11.6 Å². The second-order valence-electron chi connectivity index (χ2n) is 7.15. The van der Waals surface area contributed by atoms with Crippen molar-refractivity contribution >= 4 is 29.1 Å². The SMILES string of the molecule is COc1ccccc1CCC(=O)N1CC[NH+](CC(=O)Nc2ccccc2Cl)CC1. The molecule has 1 aliphatic rings. The molecular formula is C22H27ClN3O3+. The molecule has 3 rings (SSSR count). The zero-order valence-electron chi connectivity index (χ0n) is 16.6. The van der Waals surface area contributed by atoms with Crippen molar-refractivity contribution in [3.63, 3.8) is 0 Å². The number of ether oxygens (including phenoxy) is 1. The van der Waals surface area contributed by atoms with Crippen molar-refractivity contribution in [2.24, 2.45) is 0 Å². The van der Waals surface area contributed by atoms with Crippen LogP contribution in [0, 0.1) is 0 Å². The number of anilines is 1. The van der Waals surface area contributed by atoms with Crippen molar-refractivity contribution in [3.8, 4) is 5.75 Å². The molecule has 29 heavy (non-hydrogen) atoms. The first kappa shape index (κ1) is 21.1. The fourth-order valence-electron chi connectivity index (χ4n) is 3.54. The van der Waals surface area contributed by atoms with E-state index in [-0.39, 0.29) is 11.8 Å². The van der Waals surface area contributed by atoms with E-state index in [4.69, 9.17) is 16.3 Å². The molecule has 7 heteroatoms. The minimum absolute atomic E-state index is 0.0657. The monoisotopic (exact) mass is 416 g/mol. The Balaban J connectivity index is 1.42. The van der Waals surface area contributed by atoms with Gasteiger partial charge in [-0.05, 0) is 30.2 Å². The molecule has 0 unspecified atom stereocenters. The maximum atomic E-state index is 12.6. The van der Waals surface area contributed by atoms with Gasteiger partial charge in [0.15, 0.2) is 6.54 Å². The van der Waals surface area contributed by atoms with Crippen LogP contribution in [0.25, 0.3) is 0 Å². The first-order chi connectivity index (χ1) is 14.1. The van der Waals surface area contributed by atoms with E-state index in [2.05, 4.69) is 5.32 Å². The van der Waals surface area contributed by atoms with E-state index in [9.17, 15) is 9.59 Å². The minimum Gasteiger partial charge on any atom is -0.496 e. The molecule has 1 aliphatic heterocycles. The van der Waals surface area contributed by atoms with Gasteiger partial charge < -0.3 is 19.9 Å². The zero-order valence-corrected chi connectivity index (χ0v) is 17.4. The number of aryl methyl sites for hydroxylation is 1. The lowest BCUT2D eigenvalue weighted by molar-refractivity contribution is -0.895. The maximum absolute atomic E-state index is 12.6. The minimum atomic E-state index is -0.0657. The number of nitrogens with zero attached hydrogens (tertiary/aromatic N) is 1. The van der Waals surface area contributed by atoms with E-state index < -0.39 is 0 Å². The Morgan fingerprint density at radius 3 is 2.52 bits per heavy atom. The first-order valence-corrected chi connectivity index (χ1v) is 10.2. The number of hydrogen-bond acceptors (Lipinski definition) is 3. The molecular weight excluding hydrogens is 390 g/mol.